The minimum absolute atomic E-state index is 0.0471. The standard InChI is InChI=1S/C12H21NO5/c1-8(12(15)16)13-11(14)9(2)18-7-10-5-3-4-6-17-10/h8-10H,3-7H2,1-2H3,(H,13,14)(H,15,16)/t8-,9-,10+/m0/s1. The van der Waals surface area contributed by atoms with Gasteiger partial charge in [0.1, 0.15) is 12.1 Å². The third kappa shape index (κ3) is 5.01. The highest BCUT2D eigenvalue weighted by Crippen LogP contribution is 2.13. The lowest BCUT2D eigenvalue weighted by Crippen LogP contribution is -2.44. The number of aliphatic carboxylic acids is 1. The van der Waals surface area contributed by atoms with Crippen molar-refractivity contribution < 1.29 is 24.2 Å². The first-order valence-corrected chi connectivity index (χ1v) is 6.27. The third-order valence-electron chi connectivity index (χ3n) is 2.90. The number of carbonyl (C=O) groups excluding carboxylic acids is 1. The number of amides is 1. The monoisotopic (exact) mass is 259 g/mol. The minimum Gasteiger partial charge on any atom is -0.480 e. The molecular weight excluding hydrogens is 238 g/mol. The van der Waals surface area contributed by atoms with Gasteiger partial charge in [0.2, 0.25) is 5.91 Å². The average Bonchev–Trinajstić information content (AvgIpc) is 2.36. The zero-order chi connectivity index (χ0) is 13.5. The van der Waals surface area contributed by atoms with E-state index in [1.165, 1.54) is 6.92 Å². The van der Waals surface area contributed by atoms with Gasteiger partial charge in [-0.05, 0) is 33.1 Å². The Morgan fingerprint density at radius 1 is 1.44 bits per heavy atom. The number of nitrogens with one attached hydrogen (secondary N) is 1. The molecule has 3 atom stereocenters. The van der Waals surface area contributed by atoms with Crippen LogP contribution in [-0.4, -0.2) is 48.4 Å². The van der Waals surface area contributed by atoms with Crippen molar-refractivity contribution in [2.75, 3.05) is 13.2 Å². The molecule has 104 valence electrons. The Hall–Kier alpha value is -1.14. The summed E-state index contributed by atoms with van der Waals surface area (Å²) in [5, 5.41) is 11.0. The van der Waals surface area contributed by atoms with Crippen LogP contribution in [0.5, 0.6) is 0 Å². The molecule has 0 aliphatic carbocycles. The molecule has 18 heavy (non-hydrogen) atoms. The Labute approximate surface area is 107 Å². The van der Waals surface area contributed by atoms with E-state index in [9.17, 15) is 9.59 Å². The molecule has 1 amide bonds. The summed E-state index contributed by atoms with van der Waals surface area (Å²) in [7, 11) is 0. The SMILES string of the molecule is C[C@H](NC(=O)[C@H](C)OC[C@H]1CCCCO1)C(=O)O. The Kier molecular flexibility index (Phi) is 6.07. The fourth-order valence-electron chi connectivity index (χ4n) is 1.66. The smallest absolute Gasteiger partial charge is 0.325 e. The van der Waals surface area contributed by atoms with Crippen LogP contribution < -0.4 is 5.32 Å². The summed E-state index contributed by atoms with van der Waals surface area (Å²) in [6.45, 7) is 4.13. The number of rotatable bonds is 6. The van der Waals surface area contributed by atoms with Crippen molar-refractivity contribution in [1.29, 1.82) is 0 Å². The van der Waals surface area contributed by atoms with Gasteiger partial charge in [0.25, 0.3) is 0 Å². The molecule has 0 aromatic rings. The summed E-state index contributed by atoms with van der Waals surface area (Å²) >= 11 is 0. The average molecular weight is 259 g/mol. The van der Waals surface area contributed by atoms with Crippen molar-refractivity contribution in [1.82, 2.24) is 5.32 Å². The molecular formula is C12H21NO5. The van der Waals surface area contributed by atoms with Crippen LogP contribution in [0.15, 0.2) is 0 Å². The molecule has 0 radical (unpaired) electrons. The quantitative estimate of drug-likeness (QED) is 0.727. The highest BCUT2D eigenvalue weighted by Gasteiger charge is 2.21. The van der Waals surface area contributed by atoms with Crippen LogP contribution in [-0.2, 0) is 19.1 Å². The first kappa shape index (κ1) is 14.9. The van der Waals surface area contributed by atoms with Crippen LogP contribution in [0.25, 0.3) is 0 Å². The lowest BCUT2D eigenvalue weighted by Gasteiger charge is -2.24. The lowest BCUT2D eigenvalue weighted by atomic mass is 10.1. The van der Waals surface area contributed by atoms with Crippen molar-refractivity contribution >= 4 is 11.9 Å². The molecule has 1 heterocycles. The summed E-state index contributed by atoms with van der Waals surface area (Å²) in [6, 6.07) is -0.908. The summed E-state index contributed by atoms with van der Waals surface area (Å²) in [5.74, 6) is -1.48. The molecule has 1 aliphatic heterocycles. The van der Waals surface area contributed by atoms with Crippen molar-refractivity contribution in [2.24, 2.45) is 0 Å². The Morgan fingerprint density at radius 3 is 2.72 bits per heavy atom. The van der Waals surface area contributed by atoms with Gasteiger partial charge in [-0.1, -0.05) is 0 Å². The van der Waals surface area contributed by atoms with Crippen molar-refractivity contribution in [3.05, 3.63) is 0 Å². The molecule has 0 aromatic carbocycles. The summed E-state index contributed by atoms with van der Waals surface area (Å²) in [4.78, 5) is 22.2. The zero-order valence-electron chi connectivity index (χ0n) is 10.8. The fraction of sp³-hybridized carbons (Fsp3) is 0.833. The Balaban J connectivity index is 2.24. The summed E-state index contributed by atoms with van der Waals surface area (Å²) in [5.41, 5.74) is 0. The largest absolute Gasteiger partial charge is 0.480 e. The van der Waals surface area contributed by atoms with E-state index in [2.05, 4.69) is 5.32 Å². The van der Waals surface area contributed by atoms with Crippen LogP contribution in [0.1, 0.15) is 33.1 Å². The van der Waals surface area contributed by atoms with E-state index in [4.69, 9.17) is 14.6 Å². The maximum Gasteiger partial charge on any atom is 0.325 e. The molecule has 0 unspecified atom stereocenters. The maximum absolute atomic E-state index is 11.6. The van der Waals surface area contributed by atoms with E-state index in [0.29, 0.717) is 6.61 Å². The van der Waals surface area contributed by atoms with Crippen LogP contribution in [0, 0.1) is 0 Å². The van der Waals surface area contributed by atoms with E-state index in [1.54, 1.807) is 6.92 Å². The minimum atomic E-state index is -1.06. The predicted molar refractivity (Wildman–Crippen MR) is 64.2 cm³/mol. The summed E-state index contributed by atoms with van der Waals surface area (Å²) < 4.78 is 10.9. The van der Waals surface area contributed by atoms with Crippen molar-refractivity contribution in [2.45, 2.75) is 51.4 Å². The van der Waals surface area contributed by atoms with Crippen molar-refractivity contribution in [3.63, 3.8) is 0 Å². The number of hydrogen-bond donors (Lipinski definition) is 2. The highest BCUT2D eigenvalue weighted by atomic mass is 16.5. The van der Waals surface area contributed by atoms with Gasteiger partial charge in [0, 0.05) is 6.61 Å². The molecule has 1 fully saturated rings. The molecule has 6 nitrogen and oxygen atoms in total. The molecule has 1 saturated heterocycles. The van der Waals surface area contributed by atoms with E-state index in [-0.39, 0.29) is 6.10 Å². The van der Waals surface area contributed by atoms with E-state index < -0.39 is 24.0 Å². The van der Waals surface area contributed by atoms with Crippen LogP contribution in [0.4, 0.5) is 0 Å². The lowest BCUT2D eigenvalue weighted by molar-refractivity contribution is -0.144. The van der Waals surface area contributed by atoms with E-state index in [0.717, 1.165) is 25.9 Å². The van der Waals surface area contributed by atoms with Gasteiger partial charge in [-0.15, -0.1) is 0 Å². The van der Waals surface area contributed by atoms with Gasteiger partial charge in [0.15, 0.2) is 0 Å². The van der Waals surface area contributed by atoms with Gasteiger partial charge >= 0.3 is 5.97 Å². The predicted octanol–water partition coefficient (Wildman–Crippen LogP) is 0.550. The second-order valence-corrected chi connectivity index (χ2v) is 4.53. The molecule has 2 N–H and O–H groups in total. The number of hydrogen-bond acceptors (Lipinski definition) is 4. The number of carbonyl (C=O) groups is 2. The van der Waals surface area contributed by atoms with Crippen LogP contribution in [0.2, 0.25) is 0 Å². The van der Waals surface area contributed by atoms with Gasteiger partial charge in [-0.25, -0.2) is 0 Å². The Bertz CT molecular complexity index is 288. The molecule has 1 aliphatic rings. The first-order valence-electron chi connectivity index (χ1n) is 6.27. The molecule has 0 aromatic heterocycles. The highest BCUT2D eigenvalue weighted by molar-refractivity contribution is 5.85. The second kappa shape index (κ2) is 7.33. The molecule has 1 rings (SSSR count). The number of carboxylic acids is 1. The first-order chi connectivity index (χ1) is 8.50. The molecule has 6 heteroatoms. The van der Waals surface area contributed by atoms with Gasteiger partial charge in [-0.2, -0.15) is 0 Å². The zero-order valence-corrected chi connectivity index (χ0v) is 10.8. The fourth-order valence-corrected chi connectivity index (χ4v) is 1.66. The van der Waals surface area contributed by atoms with E-state index in [1.807, 2.05) is 0 Å². The summed E-state index contributed by atoms with van der Waals surface area (Å²) in [6.07, 6.45) is 2.51. The van der Waals surface area contributed by atoms with Gasteiger partial charge < -0.3 is 19.9 Å². The number of carboxylic acid groups (broad SMARTS) is 1. The second-order valence-electron chi connectivity index (χ2n) is 4.53. The number of ether oxygens (including phenoxy) is 2. The van der Waals surface area contributed by atoms with Crippen LogP contribution >= 0.6 is 0 Å². The maximum atomic E-state index is 11.6. The van der Waals surface area contributed by atoms with Crippen molar-refractivity contribution in [3.8, 4) is 0 Å². The van der Waals surface area contributed by atoms with Gasteiger partial charge in [-0.3, -0.25) is 9.59 Å². The molecule has 0 spiro atoms. The van der Waals surface area contributed by atoms with E-state index >= 15 is 0 Å². The van der Waals surface area contributed by atoms with Crippen LogP contribution in [0.3, 0.4) is 0 Å². The molecule has 0 bridgehead atoms. The molecule has 0 saturated carbocycles. The van der Waals surface area contributed by atoms with Gasteiger partial charge in [0.05, 0.1) is 12.7 Å². The topological polar surface area (TPSA) is 84.9 Å². The third-order valence-corrected chi connectivity index (χ3v) is 2.90. The Morgan fingerprint density at radius 2 is 2.17 bits per heavy atom. The normalized spacial score (nSPS) is 23.1.